The van der Waals surface area contributed by atoms with E-state index in [1.54, 1.807) is 0 Å². The van der Waals surface area contributed by atoms with Crippen LogP contribution in [0, 0.1) is 5.41 Å². The average Bonchev–Trinajstić information content (AvgIpc) is 2.88. The zero-order valence-electron chi connectivity index (χ0n) is 26.1. The number of unbranched alkanes of at least 4 members (excludes halogenated alkanes) is 12. The van der Waals surface area contributed by atoms with Crippen LogP contribution in [0.1, 0.15) is 170 Å². The molecular formula is C33H68O3. The van der Waals surface area contributed by atoms with Gasteiger partial charge in [0.25, 0.3) is 5.97 Å². The van der Waals surface area contributed by atoms with Crippen molar-refractivity contribution in [3.05, 3.63) is 12.7 Å². The van der Waals surface area contributed by atoms with E-state index in [0.717, 1.165) is 32.1 Å². The zero-order valence-corrected chi connectivity index (χ0v) is 26.1. The quantitative estimate of drug-likeness (QED) is 0.0655. The molecule has 0 aromatic carbocycles. The molecule has 0 N–H and O–H groups in total. The van der Waals surface area contributed by atoms with Crippen molar-refractivity contribution in [1.82, 2.24) is 0 Å². The Kier molecular flexibility index (Phi) is 29.0. The molecule has 0 fully saturated rings. The molecule has 0 bridgehead atoms. The van der Waals surface area contributed by atoms with Crippen LogP contribution in [0.3, 0.4) is 0 Å². The van der Waals surface area contributed by atoms with Crippen LogP contribution < -0.4 is 0 Å². The van der Waals surface area contributed by atoms with E-state index in [2.05, 4.69) is 55.0 Å². The highest BCUT2D eigenvalue weighted by atomic mass is 16.9. The molecule has 0 heterocycles. The molecule has 1 unspecified atom stereocenters. The lowest BCUT2D eigenvalue weighted by Gasteiger charge is -2.49. The van der Waals surface area contributed by atoms with E-state index in [1.165, 1.54) is 89.9 Å². The Hall–Kier alpha value is -0.380. The normalized spacial score (nSPS) is 13.2. The predicted molar refractivity (Wildman–Crippen MR) is 161 cm³/mol. The second kappa shape index (κ2) is 27.6. The highest BCUT2D eigenvalue weighted by molar-refractivity contribution is 4.89. The number of hydrogen-bond acceptors (Lipinski definition) is 3. The molecule has 0 amide bonds. The first-order chi connectivity index (χ1) is 17.5. The lowest BCUT2D eigenvalue weighted by atomic mass is 9.71. The summed E-state index contributed by atoms with van der Waals surface area (Å²) in [6.45, 7) is 20.5. The number of rotatable bonds is 26. The predicted octanol–water partition coefficient (Wildman–Crippen LogP) is 11.4. The van der Waals surface area contributed by atoms with Gasteiger partial charge in [-0.1, -0.05) is 130 Å². The van der Waals surface area contributed by atoms with Gasteiger partial charge in [-0.3, -0.25) is 0 Å². The van der Waals surface area contributed by atoms with Crippen LogP contribution in [0.4, 0.5) is 0 Å². The minimum Gasteiger partial charge on any atom is -0.327 e. The maximum atomic E-state index is 6.40. The van der Waals surface area contributed by atoms with Crippen LogP contribution in [0.2, 0.25) is 0 Å². The molecule has 0 saturated heterocycles. The minimum absolute atomic E-state index is 0.0588. The van der Waals surface area contributed by atoms with Crippen molar-refractivity contribution in [2.24, 2.45) is 5.41 Å². The van der Waals surface area contributed by atoms with Gasteiger partial charge in [-0.2, -0.15) is 0 Å². The monoisotopic (exact) mass is 513 g/mol. The molecule has 0 aliphatic carbocycles. The van der Waals surface area contributed by atoms with E-state index in [0.29, 0.717) is 19.8 Å². The highest BCUT2D eigenvalue weighted by Crippen LogP contribution is 2.49. The molecule has 0 radical (unpaired) electrons. The third-order valence-electron chi connectivity index (χ3n) is 7.19. The average molecular weight is 513 g/mol. The summed E-state index contributed by atoms with van der Waals surface area (Å²) in [5.41, 5.74) is -0.0588. The molecule has 0 saturated carbocycles. The first-order valence-corrected chi connectivity index (χ1v) is 16.1. The maximum Gasteiger partial charge on any atom is 0.288 e. The summed E-state index contributed by atoms with van der Waals surface area (Å²) in [4.78, 5) is 0. The van der Waals surface area contributed by atoms with E-state index in [1.807, 2.05) is 6.08 Å². The molecule has 0 spiro atoms. The first-order valence-electron chi connectivity index (χ1n) is 16.1. The van der Waals surface area contributed by atoms with Gasteiger partial charge in [-0.05, 0) is 46.5 Å². The molecule has 0 aliphatic heterocycles. The molecule has 0 aromatic rings. The van der Waals surface area contributed by atoms with Crippen LogP contribution in [0.5, 0.6) is 0 Å². The second-order valence-electron chi connectivity index (χ2n) is 10.3. The van der Waals surface area contributed by atoms with Gasteiger partial charge in [0.1, 0.15) is 0 Å². The van der Waals surface area contributed by atoms with Crippen LogP contribution in [0.15, 0.2) is 12.7 Å². The molecule has 0 aliphatic rings. The van der Waals surface area contributed by atoms with Crippen molar-refractivity contribution in [2.75, 3.05) is 19.8 Å². The fraction of sp³-hybridized carbons (Fsp3) is 0.939. The van der Waals surface area contributed by atoms with E-state index in [4.69, 9.17) is 14.2 Å². The van der Waals surface area contributed by atoms with Crippen molar-refractivity contribution in [3.8, 4) is 0 Å². The van der Waals surface area contributed by atoms with Crippen LogP contribution in [-0.2, 0) is 14.2 Å². The van der Waals surface area contributed by atoms with Gasteiger partial charge >= 0.3 is 0 Å². The Balaban J connectivity index is 0. The SMILES string of the molecule is C=CCC.CCCCCCCCCCC(CCC)(CCCCCCCC)C(OCC)(OCC)OCC. The highest BCUT2D eigenvalue weighted by Gasteiger charge is 2.53. The van der Waals surface area contributed by atoms with E-state index >= 15 is 0 Å². The summed E-state index contributed by atoms with van der Waals surface area (Å²) in [6, 6.07) is 0. The number of allylic oxidation sites excluding steroid dienone is 1. The molecular weight excluding hydrogens is 444 g/mol. The maximum absolute atomic E-state index is 6.40. The fourth-order valence-corrected chi connectivity index (χ4v) is 5.31. The van der Waals surface area contributed by atoms with Crippen molar-refractivity contribution >= 4 is 0 Å². The summed E-state index contributed by atoms with van der Waals surface area (Å²) >= 11 is 0. The number of ether oxygens (including phenoxy) is 3. The van der Waals surface area contributed by atoms with Gasteiger partial charge in [0, 0.05) is 19.8 Å². The van der Waals surface area contributed by atoms with Crippen molar-refractivity contribution in [2.45, 2.75) is 176 Å². The van der Waals surface area contributed by atoms with E-state index in [-0.39, 0.29) is 5.41 Å². The van der Waals surface area contributed by atoms with Crippen molar-refractivity contribution in [3.63, 3.8) is 0 Å². The molecule has 3 nitrogen and oxygen atoms in total. The number of hydrogen-bond donors (Lipinski definition) is 0. The Bertz CT molecular complexity index is 420. The topological polar surface area (TPSA) is 27.7 Å². The fourth-order valence-electron chi connectivity index (χ4n) is 5.31. The van der Waals surface area contributed by atoms with E-state index < -0.39 is 5.97 Å². The Morgan fingerprint density at radius 1 is 0.472 bits per heavy atom. The Morgan fingerprint density at radius 3 is 1.08 bits per heavy atom. The van der Waals surface area contributed by atoms with Gasteiger partial charge < -0.3 is 14.2 Å². The summed E-state index contributed by atoms with van der Waals surface area (Å²) in [5, 5.41) is 0. The van der Waals surface area contributed by atoms with Gasteiger partial charge in [-0.25, -0.2) is 0 Å². The van der Waals surface area contributed by atoms with Gasteiger partial charge in [0.2, 0.25) is 0 Å². The van der Waals surface area contributed by atoms with Crippen molar-refractivity contribution in [1.29, 1.82) is 0 Å². The third kappa shape index (κ3) is 17.2. The largest absolute Gasteiger partial charge is 0.327 e. The molecule has 1 atom stereocenters. The second-order valence-corrected chi connectivity index (χ2v) is 10.3. The standard InChI is InChI=1S/C29H60O3.C4H8/c1-7-13-15-17-19-20-22-24-27-28(25-9-3,26-23-21-18-16-14-8-2)29(30-10-4,31-11-5)32-12-6;1-3-4-2/h7-27H2,1-6H3;3H,1,4H2,2H3. The van der Waals surface area contributed by atoms with Crippen LogP contribution in [0.25, 0.3) is 0 Å². The summed E-state index contributed by atoms with van der Waals surface area (Å²) in [7, 11) is 0. The smallest absolute Gasteiger partial charge is 0.288 e. The Labute approximate surface area is 228 Å². The van der Waals surface area contributed by atoms with Gasteiger partial charge in [-0.15, -0.1) is 6.58 Å². The lowest BCUT2D eigenvalue weighted by molar-refractivity contribution is -0.432. The van der Waals surface area contributed by atoms with Crippen LogP contribution >= 0.6 is 0 Å². The zero-order chi connectivity index (χ0) is 27.4. The van der Waals surface area contributed by atoms with Crippen LogP contribution in [-0.4, -0.2) is 25.8 Å². The molecule has 3 heteroatoms. The molecule has 218 valence electrons. The van der Waals surface area contributed by atoms with Gasteiger partial charge in [0.05, 0.1) is 5.41 Å². The summed E-state index contributed by atoms with van der Waals surface area (Å²) < 4.78 is 19.2. The molecule has 0 rings (SSSR count). The minimum atomic E-state index is -0.897. The lowest BCUT2D eigenvalue weighted by Crippen LogP contribution is -2.55. The third-order valence-corrected chi connectivity index (χ3v) is 7.19. The molecule has 36 heavy (non-hydrogen) atoms. The molecule has 0 aromatic heterocycles. The summed E-state index contributed by atoms with van der Waals surface area (Å²) in [6.07, 6.45) is 26.2. The van der Waals surface area contributed by atoms with Gasteiger partial charge in [0.15, 0.2) is 0 Å². The first kappa shape index (κ1) is 37.8. The summed E-state index contributed by atoms with van der Waals surface area (Å²) in [5.74, 6) is -0.897. The van der Waals surface area contributed by atoms with E-state index in [9.17, 15) is 0 Å². The van der Waals surface area contributed by atoms with Crippen molar-refractivity contribution < 1.29 is 14.2 Å². The Morgan fingerprint density at radius 2 is 0.806 bits per heavy atom.